The van der Waals surface area contributed by atoms with Gasteiger partial charge < -0.3 is 19.7 Å². The minimum atomic E-state index is -0.452. The van der Waals surface area contributed by atoms with Crippen LogP contribution in [0.25, 0.3) is 0 Å². The normalized spacial score (nSPS) is 16.7. The van der Waals surface area contributed by atoms with Crippen LogP contribution in [-0.2, 0) is 17.8 Å². The van der Waals surface area contributed by atoms with Gasteiger partial charge in [-0.25, -0.2) is 9.78 Å². The SMILES string of the molecule is O=C1O[C@H](c2cccc(Cl)c2)CN1[C@H](CO)Cc1ccc(Oc2ccc(CO)cn2)cc1. The maximum Gasteiger partial charge on any atom is 0.410 e. The Kier molecular flexibility index (Phi) is 6.90. The van der Waals surface area contributed by atoms with E-state index in [1.165, 1.54) is 0 Å². The summed E-state index contributed by atoms with van der Waals surface area (Å²) < 4.78 is 11.2. The zero-order valence-electron chi connectivity index (χ0n) is 17.2. The molecule has 166 valence electrons. The summed E-state index contributed by atoms with van der Waals surface area (Å²) in [4.78, 5) is 18.2. The van der Waals surface area contributed by atoms with Crippen LogP contribution in [0.15, 0.2) is 66.9 Å². The summed E-state index contributed by atoms with van der Waals surface area (Å²) in [5, 5.41) is 19.6. The summed E-state index contributed by atoms with van der Waals surface area (Å²) in [6.07, 6.45) is 1.15. The number of benzene rings is 2. The molecule has 2 N–H and O–H groups in total. The molecule has 8 heteroatoms. The average molecular weight is 455 g/mol. The number of ether oxygens (including phenoxy) is 2. The van der Waals surface area contributed by atoms with Gasteiger partial charge in [-0.2, -0.15) is 0 Å². The zero-order chi connectivity index (χ0) is 22.5. The van der Waals surface area contributed by atoms with Crippen LogP contribution < -0.4 is 4.74 Å². The first kappa shape index (κ1) is 22.1. The molecular formula is C24H23ClN2O5. The second-order valence-electron chi connectivity index (χ2n) is 7.53. The van der Waals surface area contributed by atoms with Gasteiger partial charge in [0.2, 0.25) is 5.88 Å². The Balaban J connectivity index is 1.39. The van der Waals surface area contributed by atoms with Gasteiger partial charge in [-0.05, 0) is 53.4 Å². The lowest BCUT2D eigenvalue weighted by atomic mass is 10.0. The van der Waals surface area contributed by atoms with Crippen molar-refractivity contribution in [3.63, 3.8) is 0 Å². The Hall–Kier alpha value is -3.13. The molecule has 1 fully saturated rings. The maximum absolute atomic E-state index is 12.5. The number of carbonyl (C=O) groups excluding carboxylic acids is 1. The quantitative estimate of drug-likeness (QED) is 0.532. The van der Waals surface area contributed by atoms with E-state index in [1.54, 1.807) is 35.4 Å². The van der Waals surface area contributed by atoms with Gasteiger partial charge in [0.1, 0.15) is 11.9 Å². The monoisotopic (exact) mass is 454 g/mol. The Morgan fingerprint density at radius 1 is 1.12 bits per heavy atom. The molecule has 2 atom stereocenters. The first-order valence-electron chi connectivity index (χ1n) is 10.2. The molecule has 1 aliphatic rings. The summed E-state index contributed by atoms with van der Waals surface area (Å²) in [6, 6.07) is 17.6. The lowest BCUT2D eigenvalue weighted by Crippen LogP contribution is -2.40. The van der Waals surface area contributed by atoms with Crippen LogP contribution in [0.1, 0.15) is 22.8 Å². The topological polar surface area (TPSA) is 92.1 Å². The molecule has 4 rings (SSSR count). The molecule has 0 aliphatic carbocycles. The molecule has 0 unspecified atom stereocenters. The third-order valence-electron chi connectivity index (χ3n) is 5.31. The molecule has 0 spiro atoms. The highest BCUT2D eigenvalue weighted by Crippen LogP contribution is 2.30. The fraction of sp³-hybridized carbons (Fsp3) is 0.250. The molecular weight excluding hydrogens is 432 g/mol. The minimum Gasteiger partial charge on any atom is -0.439 e. The summed E-state index contributed by atoms with van der Waals surface area (Å²) in [5.41, 5.74) is 2.48. The fourth-order valence-electron chi connectivity index (χ4n) is 3.58. The number of nitrogens with zero attached hydrogens (tertiary/aromatic N) is 2. The molecule has 3 aromatic rings. The van der Waals surface area contributed by atoms with Gasteiger partial charge in [-0.3, -0.25) is 4.90 Å². The van der Waals surface area contributed by atoms with E-state index in [9.17, 15) is 9.90 Å². The summed E-state index contributed by atoms with van der Waals surface area (Å²) in [5.74, 6) is 1.04. The number of cyclic esters (lactones) is 1. The standard InChI is InChI=1S/C24H23ClN2O5/c25-19-3-1-2-18(11-19)22-13-27(24(30)32-22)20(15-29)10-16-4-7-21(8-5-16)31-23-9-6-17(14-28)12-26-23/h1-9,11-12,20,22,28-29H,10,13-15H2/t20-,22-/m0/s1. The lowest BCUT2D eigenvalue weighted by Gasteiger charge is -2.24. The molecule has 1 aliphatic heterocycles. The van der Waals surface area contributed by atoms with Crippen LogP contribution in [0.2, 0.25) is 5.02 Å². The highest BCUT2D eigenvalue weighted by Gasteiger charge is 2.36. The van der Waals surface area contributed by atoms with Crippen molar-refractivity contribution in [2.24, 2.45) is 0 Å². The van der Waals surface area contributed by atoms with Crippen molar-refractivity contribution in [2.45, 2.75) is 25.2 Å². The second kappa shape index (κ2) is 9.99. The summed E-state index contributed by atoms with van der Waals surface area (Å²) >= 11 is 6.05. The van der Waals surface area contributed by atoms with Crippen LogP contribution in [0.5, 0.6) is 11.6 Å². The predicted octanol–water partition coefficient (Wildman–Crippen LogP) is 4.12. The molecule has 1 aromatic heterocycles. The van der Waals surface area contributed by atoms with Gasteiger partial charge in [0.25, 0.3) is 0 Å². The lowest BCUT2D eigenvalue weighted by molar-refractivity contribution is 0.117. The van der Waals surface area contributed by atoms with Crippen molar-refractivity contribution in [1.82, 2.24) is 9.88 Å². The van der Waals surface area contributed by atoms with E-state index in [4.69, 9.17) is 26.2 Å². The molecule has 7 nitrogen and oxygen atoms in total. The molecule has 2 aromatic carbocycles. The number of rotatable bonds is 8. The highest BCUT2D eigenvalue weighted by molar-refractivity contribution is 6.30. The smallest absolute Gasteiger partial charge is 0.410 e. The van der Waals surface area contributed by atoms with Gasteiger partial charge in [-0.15, -0.1) is 0 Å². The van der Waals surface area contributed by atoms with Crippen molar-refractivity contribution in [2.75, 3.05) is 13.2 Å². The van der Waals surface area contributed by atoms with Crippen molar-refractivity contribution >= 4 is 17.7 Å². The fourth-order valence-corrected chi connectivity index (χ4v) is 3.78. The van der Waals surface area contributed by atoms with E-state index < -0.39 is 18.2 Å². The summed E-state index contributed by atoms with van der Waals surface area (Å²) in [7, 11) is 0. The van der Waals surface area contributed by atoms with E-state index in [0.717, 1.165) is 11.1 Å². The van der Waals surface area contributed by atoms with E-state index in [2.05, 4.69) is 4.98 Å². The summed E-state index contributed by atoms with van der Waals surface area (Å²) in [6.45, 7) is 0.0935. The van der Waals surface area contributed by atoms with Crippen molar-refractivity contribution in [3.8, 4) is 11.6 Å². The number of aliphatic hydroxyl groups is 2. The molecule has 32 heavy (non-hydrogen) atoms. The molecule has 0 saturated carbocycles. The van der Waals surface area contributed by atoms with E-state index in [1.807, 2.05) is 36.4 Å². The van der Waals surface area contributed by atoms with Gasteiger partial charge in [0.05, 0.1) is 25.8 Å². The van der Waals surface area contributed by atoms with Crippen molar-refractivity contribution in [1.29, 1.82) is 0 Å². The van der Waals surface area contributed by atoms with Crippen LogP contribution in [-0.4, -0.2) is 45.4 Å². The predicted molar refractivity (Wildman–Crippen MR) is 119 cm³/mol. The number of hydrogen-bond acceptors (Lipinski definition) is 6. The maximum atomic E-state index is 12.5. The van der Waals surface area contributed by atoms with Crippen LogP contribution in [0, 0.1) is 0 Å². The number of amides is 1. The number of pyridine rings is 1. The third kappa shape index (κ3) is 5.19. The van der Waals surface area contributed by atoms with Crippen molar-refractivity contribution in [3.05, 3.63) is 88.6 Å². The Labute approximate surface area is 190 Å². The minimum absolute atomic E-state index is 0.0710. The largest absolute Gasteiger partial charge is 0.439 e. The van der Waals surface area contributed by atoms with E-state index in [0.29, 0.717) is 35.2 Å². The van der Waals surface area contributed by atoms with Gasteiger partial charge in [0, 0.05) is 17.3 Å². The van der Waals surface area contributed by atoms with Gasteiger partial charge in [0.15, 0.2) is 0 Å². The number of halogens is 1. The zero-order valence-corrected chi connectivity index (χ0v) is 18.0. The van der Waals surface area contributed by atoms with Crippen molar-refractivity contribution < 1.29 is 24.5 Å². The van der Waals surface area contributed by atoms with Crippen LogP contribution in [0.4, 0.5) is 4.79 Å². The first-order valence-corrected chi connectivity index (χ1v) is 10.6. The first-order chi connectivity index (χ1) is 15.6. The molecule has 2 heterocycles. The van der Waals surface area contributed by atoms with Gasteiger partial charge >= 0.3 is 6.09 Å². The highest BCUT2D eigenvalue weighted by atomic mass is 35.5. The van der Waals surface area contributed by atoms with Crippen LogP contribution in [0.3, 0.4) is 0 Å². The number of aromatic nitrogens is 1. The Morgan fingerprint density at radius 3 is 2.56 bits per heavy atom. The Morgan fingerprint density at radius 2 is 1.91 bits per heavy atom. The third-order valence-corrected chi connectivity index (χ3v) is 5.54. The number of aliphatic hydroxyl groups excluding tert-OH is 2. The number of carbonyl (C=O) groups is 1. The Bertz CT molecular complexity index is 1060. The second-order valence-corrected chi connectivity index (χ2v) is 7.97. The van der Waals surface area contributed by atoms with Gasteiger partial charge in [-0.1, -0.05) is 35.9 Å². The van der Waals surface area contributed by atoms with E-state index in [-0.39, 0.29) is 13.2 Å². The molecule has 1 amide bonds. The van der Waals surface area contributed by atoms with Crippen LogP contribution >= 0.6 is 11.6 Å². The molecule has 0 bridgehead atoms. The average Bonchev–Trinajstić information content (AvgIpc) is 3.20. The van der Waals surface area contributed by atoms with E-state index >= 15 is 0 Å². The molecule has 0 radical (unpaired) electrons. The molecule has 1 saturated heterocycles. The number of hydrogen-bond donors (Lipinski definition) is 2.